The van der Waals surface area contributed by atoms with Gasteiger partial charge in [-0.1, -0.05) is 0 Å². The molecule has 2 nitrogen and oxygen atoms in total. The Morgan fingerprint density at radius 1 is 1.24 bits per heavy atom. The van der Waals surface area contributed by atoms with Gasteiger partial charge in [0.15, 0.2) is 0 Å². The van der Waals surface area contributed by atoms with E-state index in [1.54, 1.807) is 18.3 Å². The van der Waals surface area contributed by atoms with Crippen LogP contribution in [0.1, 0.15) is 5.56 Å². The maximum absolute atomic E-state index is 13.6. The van der Waals surface area contributed by atoms with Crippen LogP contribution in [0.5, 0.6) is 5.75 Å². The predicted molar refractivity (Wildman–Crippen MR) is 62.6 cm³/mol. The van der Waals surface area contributed by atoms with E-state index in [4.69, 9.17) is 4.74 Å². The van der Waals surface area contributed by atoms with Gasteiger partial charge in [0.2, 0.25) is 0 Å². The Hall–Kier alpha value is -1.49. The van der Waals surface area contributed by atoms with E-state index in [1.807, 2.05) is 0 Å². The zero-order chi connectivity index (χ0) is 12.3. The molecule has 0 atom stereocenters. The second kappa shape index (κ2) is 5.23. The molecule has 0 fully saturated rings. The van der Waals surface area contributed by atoms with Gasteiger partial charge in [-0.3, -0.25) is 4.98 Å². The molecule has 2 aromatic rings. The van der Waals surface area contributed by atoms with Gasteiger partial charge in [0.1, 0.15) is 24.0 Å². The Kier molecular flexibility index (Phi) is 3.68. The third-order valence-corrected chi connectivity index (χ3v) is 2.77. The van der Waals surface area contributed by atoms with E-state index in [9.17, 15) is 8.78 Å². The highest BCUT2D eigenvalue weighted by Crippen LogP contribution is 2.22. The molecule has 0 aliphatic heterocycles. The van der Waals surface area contributed by atoms with Crippen LogP contribution in [0.2, 0.25) is 0 Å². The fourth-order valence-corrected chi connectivity index (χ4v) is 1.66. The molecule has 17 heavy (non-hydrogen) atoms. The molecule has 0 aliphatic carbocycles. The Morgan fingerprint density at radius 2 is 2.06 bits per heavy atom. The molecule has 5 heteroatoms. The fourth-order valence-electron chi connectivity index (χ4n) is 1.29. The lowest BCUT2D eigenvalue weighted by molar-refractivity contribution is 0.291. The van der Waals surface area contributed by atoms with Crippen molar-refractivity contribution in [3.8, 4) is 5.75 Å². The molecule has 2 rings (SSSR count). The van der Waals surface area contributed by atoms with Crippen LogP contribution in [0.25, 0.3) is 0 Å². The SMILES string of the molecule is Fc1ccc(Br)c(F)c1COc1cccnc1. The second-order valence-corrected chi connectivity index (χ2v) is 4.15. The molecular formula is C12H8BrF2NO. The van der Waals surface area contributed by atoms with E-state index in [-0.39, 0.29) is 16.6 Å². The summed E-state index contributed by atoms with van der Waals surface area (Å²) in [5, 5.41) is 0. The van der Waals surface area contributed by atoms with Gasteiger partial charge in [0.25, 0.3) is 0 Å². The Labute approximate surface area is 105 Å². The summed E-state index contributed by atoms with van der Waals surface area (Å²) in [6.45, 7) is -0.178. The van der Waals surface area contributed by atoms with Gasteiger partial charge in [-0.2, -0.15) is 0 Å². The molecule has 1 aromatic heterocycles. The van der Waals surface area contributed by atoms with E-state index in [0.29, 0.717) is 5.75 Å². The number of halogens is 3. The van der Waals surface area contributed by atoms with Gasteiger partial charge < -0.3 is 4.74 Å². The summed E-state index contributed by atoms with van der Waals surface area (Å²) in [4.78, 5) is 3.84. The quantitative estimate of drug-likeness (QED) is 0.806. The monoisotopic (exact) mass is 299 g/mol. The van der Waals surface area contributed by atoms with Crippen LogP contribution in [0, 0.1) is 11.6 Å². The van der Waals surface area contributed by atoms with E-state index in [2.05, 4.69) is 20.9 Å². The van der Waals surface area contributed by atoms with Crippen molar-refractivity contribution < 1.29 is 13.5 Å². The Bertz CT molecular complexity index is 519. The van der Waals surface area contributed by atoms with Gasteiger partial charge in [0.05, 0.1) is 16.2 Å². The Morgan fingerprint density at radius 3 is 2.76 bits per heavy atom. The number of pyridine rings is 1. The van der Waals surface area contributed by atoms with Crippen molar-refractivity contribution in [1.29, 1.82) is 0 Å². The van der Waals surface area contributed by atoms with E-state index >= 15 is 0 Å². The maximum Gasteiger partial charge on any atom is 0.146 e. The molecule has 0 saturated carbocycles. The number of hydrogen-bond acceptors (Lipinski definition) is 2. The molecule has 0 radical (unpaired) electrons. The number of ether oxygens (including phenoxy) is 1. The highest BCUT2D eigenvalue weighted by atomic mass is 79.9. The van der Waals surface area contributed by atoms with E-state index in [0.717, 1.165) is 0 Å². The van der Waals surface area contributed by atoms with E-state index < -0.39 is 11.6 Å². The number of aromatic nitrogens is 1. The molecule has 0 bridgehead atoms. The van der Waals surface area contributed by atoms with Crippen molar-refractivity contribution >= 4 is 15.9 Å². The number of rotatable bonds is 3. The van der Waals surface area contributed by atoms with Crippen LogP contribution in [-0.4, -0.2) is 4.98 Å². The minimum Gasteiger partial charge on any atom is -0.487 e. The lowest BCUT2D eigenvalue weighted by atomic mass is 10.2. The standard InChI is InChI=1S/C12H8BrF2NO/c13-10-3-4-11(14)9(12(10)15)7-17-8-2-1-5-16-6-8/h1-6H,7H2. The molecule has 0 saturated heterocycles. The molecule has 0 aliphatic rings. The highest BCUT2D eigenvalue weighted by molar-refractivity contribution is 9.10. The summed E-state index contributed by atoms with van der Waals surface area (Å²) < 4.78 is 32.4. The van der Waals surface area contributed by atoms with Crippen molar-refractivity contribution in [3.05, 3.63) is 58.3 Å². The summed E-state index contributed by atoms with van der Waals surface area (Å²) in [6.07, 6.45) is 3.07. The smallest absolute Gasteiger partial charge is 0.146 e. The molecule has 1 heterocycles. The fraction of sp³-hybridized carbons (Fsp3) is 0.0833. The lowest BCUT2D eigenvalue weighted by Gasteiger charge is -2.08. The van der Waals surface area contributed by atoms with Crippen LogP contribution < -0.4 is 4.74 Å². The molecule has 0 unspecified atom stereocenters. The molecule has 0 N–H and O–H groups in total. The predicted octanol–water partition coefficient (Wildman–Crippen LogP) is 3.70. The van der Waals surface area contributed by atoms with Crippen LogP contribution in [0.3, 0.4) is 0 Å². The van der Waals surface area contributed by atoms with Gasteiger partial charge in [-0.25, -0.2) is 8.78 Å². The normalized spacial score (nSPS) is 10.3. The van der Waals surface area contributed by atoms with Gasteiger partial charge in [-0.15, -0.1) is 0 Å². The van der Waals surface area contributed by atoms with Crippen molar-refractivity contribution in [2.75, 3.05) is 0 Å². The van der Waals surface area contributed by atoms with Crippen molar-refractivity contribution in [1.82, 2.24) is 4.98 Å². The lowest BCUT2D eigenvalue weighted by Crippen LogP contribution is -2.02. The van der Waals surface area contributed by atoms with Crippen molar-refractivity contribution in [2.24, 2.45) is 0 Å². The third kappa shape index (κ3) is 2.79. The molecule has 0 amide bonds. The van der Waals surface area contributed by atoms with Crippen LogP contribution in [-0.2, 0) is 6.61 Å². The van der Waals surface area contributed by atoms with Gasteiger partial charge in [0, 0.05) is 6.20 Å². The first-order valence-electron chi connectivity index (χ1n) is 4.83. The molecule has 1 aromatic carbocycles. The van der Waals surface area contributed by atoms with Gasteiger partial charge >= 0.3 is 0 Å². The summed E-state index contributed by atoms with van der Waals surface area (Å²) in [5.74, 6) is -0.810. The minimum atomic E-state index is -0.645. The first kappa shape index (κ1) is 12.0. The third-order valence-electron chi connectivity index (χ3n) is 2.16. The van der Waals surface area contributed by atoms with Crippen LogP contribution >= 0.6 is 15.9 Å². The zero-order valence-corrected chi connectivity index (χ0v) is 10.2. The van der Waals surface area contributed by atoms with Crippen molar-refractivity contribution in [2.45, 2.75) is 6.61 Å². The first-order valence-corrected chi connectivity index (χ1v) is 5.63. The zero-order valence-electron chi connectivity index (χ0n) is 8.66. The molecule has 0 spiro atoms. The maximum atomic E-state index is 13.6. The van der Waals surface area contributed by atoms with Crippen LogP contribution in [0.4, 0.5) is 8.78 Å². The largest absolute Gasteiger partial charge is 0.487 e. The second-order valence-electron chi connectivity index (χ2n) is 3.30. The summed E-state index contributed by atoms with van der Waals surface area (Å²) in [7, 11) is 0. The first-order chi connectivity index (χ1) is 8.18. The number of hydrogen-bond donors (Lipinski definition) is 0. The molecular weight excluding hydrogens is 292 g/mol. The topological polar surface area (TPSA) is 22.1 Å². The van der Waals surface area contributed by atoms with Crippen LogP contribution in [0.15, 0.2) is 41.1 Å². The highest BCUT2D eigenvalue weighted by Gasteiger charge is 2.12. The average molecular weight is 300 g/mol. The van der Waals surface area contributed by atoms with E-state index in [1.165, 1.54) is 18.3 Å². The summed E-state index contributed by atoms with van der Waals surface area (Å²) in [6, 6.07) is 5.86. The summed E-state index contributed by atoms with van der Waals surface area (Å²) in [5.41, 5.74) is -0.108. The van der Waals surface area contributed by atoms with Gasteiger partial charge in [-0.05, 0) is 40.2 Å². The number of nitrogens with zero attached hydrogens (tertiary/aromatic N) is 1. The Balaban J connectivity index is 2.17. The molecule has 88 valence electrons. The minimum absolute atomic E-state index is 0.108. The van der Waals surface area contributed by atoms with Crippen molar-refractivity contribution in [3.63, 3.8) is 0 Å². The average Bonchev–Trinajstić information content (AvgIpc) is 2.35. The summed E-state index contributed by atoms with van der Waals surface area (Å²) >= 11 is 3.00. The number of benzene rings is 1.